The molecule has 26 heavy (non-hydrogen) atoms. The molecular weight excluding hydrogens is 322 g/mol. The Morgan fingerprint density at radius 2 is 1.50 bits per heavy atom. The molecular formula is C22H25N3O. The topological polar surface area (TPSA) is 41.0 Å². The molecule has 1 aromatic heterocycles. The van der Waals surface area contributed by atoms with Gasteiger partial charge < -0.3 is 4.98 Å². The summed E-state index contributed by atoms with van der Waals surface area (Å²) in [6.07, 6.45) is 4.84. The molecule has 0 aliphatic carbocycles. The molecule has 3 aromatic rings. The summed E-state index contributed by atoms with van der Waals surface area (Å²) in [4.78, 5) is 17.9. The van der Waals surface area contributed by atoms with Gasteiger partial charge in [0, 0.05) is 44.0 Å². The Morgan fingerprint density at radius 1 is 0.885 bits per heavy atom. The van der Waals surface area contributed by atoms with Crippen molar-refractivity contribution in [3.63, 3.8) is 0 Å². The molecule has 0 atom stereocenters. The highest BCUT2D eigenvalue weighted by molar-refractivity contribution is 5.20. The zero-order valence-electron chi connectivity index (χ0n) is 15.0. The maximum absolute atomic E-state index is 12.4. The molecule has 0 unspecified atom stereocenters. The van der Waals surface area contributed by atoms with E-state index in [4.69, 9.17) is 0 Å². The van der Waals surface area contributed by atoms with E-state index in [-0.39, 0.29) is 5.69 Å². The molecule has 2 heterocycles. The van der Waals surface area contributed by atoms with E-state index in [1.165, 1.54) is 11.1 Å². The molecule has 1 saturated heterocycles. The van der Waals surface area contributed by atoms with E-state index >= 15 is 0 Å². The van der Waals surface area contributed by atoms with Gasteiger partial charge in [0.2, 0.25) is 0 Å². The molecule has 2 aromatic carbocycles. The molecule has 4 nitrogen and oxygen atoms in total. The number of nitrogens with zero attached hydrogens (tertiary/aromatic N) is 2. The van der Waals surface area contributed by atoms with E-state index in [0.717, 1.165) is 44.6 Å². The molecule has 4 rings (SSSR count). The van der Waals surface area contributed by atoms with Crippen LogP contribution >= 0.6 is 0 Å². The lowest BCUT2D eigenvalue weighted by Gasteiger charge is -2.32. The molecule has 1 aliphatic rings. The SMILES string of the molecule is O=c1[nH]c(Cc2ccccc2)cn1C1CCN(Cc2ccccc2)CC1. The summed E-state index contributed by atoms with van der Waals surface area (Å²) in [5.41, 5.74) is 3.60. The van der Waals surface area contributed by atoms with E-state index in [1.807, 2.05) is 29.0 Å². The predicted octanol–water partition coefficient (Wildman–Crippen LogP) is 3.60. The minimum absolute atomic E-state index is 0.0254. The van der Waals surface area contributed by atoms with Gasteiger partial charge in [-0.25, -0.2) is 4.79 Å². The summed E-state index contributed by atoms with van der Waals surface area (Å²) < 4.78 is 1.91. The molecule has 0 radical (unpaired) electrons. The number of benzene rings is 2. The number of H-pyrrole nitrogens is 1. The average Bonchev–Trinajstić information content (AvgIpc) is 3.04. The Morgan fingerprint density at radius 3 is 2.15 bits per heavy atom. The van der Waals surface area contributed by atoms with Crippen LogP contribution in [0.15, 0.2) is 71.7 Å². The van der Waals surface area contributed by atoms with Gasteiger partial charge in [-0.2, -0.15) is 0 Å². The number of hydrogen-bond acceptors (Lipinski definition) is 2. The fourth-order valence-electron chi connectivity index (χ4n) is 3.83. The monoisotopic (exact) mass is 347 g/mol. The van der Waals surface area contributed by atoms with Crippen LogP contribution in [0.4, 0.5) is 0 Å². The number of imidazole rings is 1. The lowest BCUT2D eigenvalue weighted by molar-refractivity contribution is 0.178. The van der Waals surface area contributed by atoms with E-state index in [0.29, 0.717) is 6.04 Å². The first kappa shape index (κ1) is 16.9. The molecule has 1 N–H and O–H groups in total. The lowest BCUT2D eigenvalue weighted by Crippen LogP contribution is -2.36. The Labute approximate surface area is 154 Å². The van der Waals surface area contributed by atoms with Gasteiger partial charge in [-0.05, 0) is 24.0 Å². The summed E-state index contributed by atoms with van der Waals surface area (Å²) in [7, 11) is 0. The van der Waals surface area contributed by atoms with Crippen molar-refractivity contribution in [3.05, 3.63) is 94.2 Å². The van der Waals surface area contributed by atoms with Crippen molar-refractivity contribution >= 4 is 0 Å². The van der Waals surface area contributed by atoms with Crippen LogP contribution in [-0.2, 0) is 13.0 Å². The number of hydrogen-bond donors (Lipinski definition) is 1. The molecule has 134 valence electrons. The summed E-state index contributed by atoms with van der Waals surface area (Å²) in [6, 6.07) is 21.2. The number of likely N-dealkylation sites (tertiary alicyclic amines) is 1. The van der Waals surface area contributed by atoms with Crippen LogP contribution in [0, 0.1) is 0 Å². The minimum atomic E-state index is 0.0254. The predicted molar refractivity (Wildman–Crippen MR) is 104 cm³/mol. The third-order valence-corrected chi connectivity index (χ3v) is 5.23. The first-order chi connectivity index (χ1) is 12.8. The van der Waals surface area contributed by atoms with Gasteiger partial charge in [-0.15, -0.1) is 0 Å². The fraction of sp³-hybridized carbons (Fsp3) is 0.318. The fourth-order valence-corrected chi connectivity index (χ4v) is 3.83. The molecule has 0 bridgehead atoms. The van der Waals surface area contributed by atoms with Gasteiger partial charge in [0.25, 0.3) is 0 Å². The standard InChI is InChI=1S/C22H25N3O/c26-22-23-20(15-18-7-3-1-4-8-18)17-25(22)21-11-13-24(14-12-21)16-19-9-5-2-6-10-19/h1-10,17,21H,11-16H2,(H,23,26). The van der Waals surface area contributed by atoms with Gasteiger partial charge >= 0.3 is 5.69 Å². The van der Waals surface area contributed by atoms with Crippen LogP contribution in [0.5, 0.6) is 0 Å². The molecule has 4 heteroatoms. The highest BCUT2D eigenvalue weighted by Crippen LogP contribution is 2.23. The average molecular weight is 347 g/mol. The summed E-state index contributed by atoms with van der Waals surface area (Å²) in [5.74, 6) is 0. The Hall–Kier alpha value is -2.59. The quantitative estimate of drug-likeness (QED) is 0.766. The molecule has 0 amide bonds. The van der Waals surface area contributed by atoms with Crippen LogP contribution in [0.25, 0.3) is 0 Å². The number of aromatic amines is 1. The van der Waals surface area contributed by atoms with Crippen molar-refractivity contribution in [2.75, 3.05) is 13.1 Å². The third kappa shape index (κ3) is 3.97. The maximum Gasteiger partial charge on any atom is 0.325 e. The van der Waals surface area contributed by atoms with Gasteiger partial charge in [-0.3, -0.25) is 9.47 Å². The van der Waals surface area contributed by atoms with E-state index in [2.05, 4.69) is 52.3 Å². The number of aromatic nitrogens is 2. The van der Waals surface area contributed by atoms with Crippen molar-refractivity contribution in [2.45, 2.75) is 31.8 Å². The second kappa shape index (κ2) is 7.75. The molecule has 0 spiro atoms. The summed E-state index contributed by atoms with van der Waals surface area (Å²) >= 11 is 0. The van der Waals surface area contributed by atoms with Crippen LogP contribution in [-0.4, -0.2) is 27.5 Å². The van der Waals surface area contributed by atoms with Gasteiger partial charge in [0.1, 0.15) is 0 Å². The van der Waals surface area contributed by atoms with E-state index < -0.39 is 0 Å². The zero-order valence-corrected chi connectivity index (χ0v) is 15.0. The number of rotatable bonds is 5. The van der Waals surface area contributed by atoms with Crippen molar-refractivity contribution in [1.29, 1.82) is 0 Å². The Kier molecular flexibility index (Phi) is 5.02. The Balaban J connectivity index is 1.38. The van der Waals surface area contributed by atoms with Crippen LogP contribution < -0.4 is 5.69 Å². The summed E-state index contributed by atoms with van der Waals surface area (Å²) in [6.45, 7) is 3.06. The first-order valence-corrected chi connectivity index (χ1v) is 9.38. The second-order valence-electron chi connectivity index (χ2n) is 7.15. The van der Waals surface area contributed by atoms with Gasteiger partial charge in [0.15, 0.2) is 0 Å². The summed E-state index contributed by atoms with van der Waals surface area (Å²) in [5, 5.41) is 0. The third-order valence-electron chi connectivity index (χ3n) is 5.23. The Bertz CT molecular complexity index is 875. The van der Waals surface area contributed by atoms with Crippen LogP contribution in [0.1, 0.15) is 35.7 Å². The van der Waals surface area contributed by atoms with Crippen molar-refractivity contribution < 1.29 is 0 Å². The number of piperidine rings is 1. The van der Waals surface area contributed by atoms with E-state index in [1.54, 1.807) is 0 Å². The smallest absolute Gasteiger partial charge is 0.310 e. The van der Waals surface area contributed by atoms with Crippen LogP contribution in [0.2, 0.25) is 0 Å². The molecule has 1 fully saturated rings. The zero-order chi connectivity index (χ0) is 17.8. The highest BCUT2D eigenvalue weighted by Gasteiger charge is 2.22. The van der Waals surface area contributed by atoms with Crippen molar-refractivity contribution in [2.24, 2.45) is 0 Å². The van der Waals surface area contributed by atoms with Crippen LogP contribution in [0.3, 0.4) is 0 Å². The lowest BCUT2D eigenvalue weighted by atomic mass is 10.0. The minimum Gasteiger partial charge on any atom is -0.310 e. The van der Waals surface area contributed by atoms with Crippen molar-refractivity contribution in [3.8, 4) is 0 Å². The highest BCUT2D eigenvalue weighted by atomic mass is 16.1. The molecule has 1 aliphatic heterocycles. The first-order valence-electron chi connectivity index (χ1n) is 9.38. The van der Waals surface area contributed by atoms with Crippen molar-refractivity contribution in [1.82, 2.24) is 14.5 Å². The number of nitrogens with one attached hydrogen (secondary N) is 1. The van der Waals surface area contributed by atoms with Gasteiger partial charge in [-0.1, -0.05) is 60.7 Å². The second-order valence-corrected chi connectivity index (χ2v) is 7.15. The maximum atomic E-state index is 12.4. The molecule has 0 saturated carbocycles. The van der Waals surface area contributed by atoms with E-state index in [9.17, 15) is 4.79 Å². The largest absolute Gasteiger partial charge is 0.325 e. The normalized spacial score (nSPS) is 16.0. The van der Waals surface area contributed by atoms with Gasteiger partial charge in [0.05, 0.1) is 0 Å².